The van der Waals surface area contributed by atoms with Crippen molar-refractivity contribution in [2.24, 2.45) is 5.92 Å². The van der Waals surface area contributed by atoms with Crippen molar-refractivity contribution in [3.8, 4) is 0 Å². The first-order valence-electron chi connectivity index (χ1n) is 5.06. The summed E-state index contributed by atoms with van der Waals surface area (Å²) in [7, 11) is 0. The topological polar surface area (TPSA) is 38.9 Å². The zero-order valence-electron chi connectivity index (χ0n) is 9.72. The lowest BCUT2D eigenvalue weighted by molar-refractivity contribution is 0.576. The summed E-state index contributed by atoms with van der Waals surface area (Å²) in [5.74, 6) is 0.618. The van der Waals surface area contributed by atoms with Gasteiger partial charge in [-0.05, 0) is 12.3 Å². The standard InChI is InChI=1S/C11H20N2S/c1-7(2)6-8-9(12)14-10(13-8)11(3,4)5/h7H,6,12H2,1-5H3. The second-order valence-corrected chi connectivity index (χ2v) is 6.21. The molecule has 1 rings (SSSR count). The molecule has 0 aliphatic rings. The Labute approximate surface area is 90.6 Å². The molecule has 0 spiro atoms. The van der Waals surface area contributed by atoms with Crippen LogP contribution in [0.5, 0.6) is 0 Å². The molecule has 2 N–H and O–H groups in total. The summed E-state index contributed by atoms with van der Waals surface area (Å²) < 4.78 is 0. The van der Waals surface area contributed by atoms with Gasteiger partial charge in [-0.25, -0.2) is 4.98 Å². The molecule has 1 aromatic heterocycles. The van der Waals surface area contributed by atoms with Gasteiger partial charge in [-0.2, -0.15) is 0 Å². The zero-order valence-corrected chi connectivity index (χ0v) is 10.5. The highest BCUT2D eigenvalue weighted by Gasteiger charge is 2.20. The van der Waals surface area contributed by atoms with Crippen LogP contribution < -0.4 is 5.73 Å². The van der Waals surface area contributed by atoms with Gasteiger partial charge in [-0.3, -0.25) is 0 Å². The van der Waals surface area contributed by atoms with Gasteiger partial charge in [-0.1, -0.05) is 34.6 Å². The predicted octanol–water partition coefficient (Wildman–Crippen LogP) is 3.22. The van der Waals surface area contributed by atoms with Crippen LogP contribution in [0, 0.1) is 5.92 Å². The average molecular weight is 212 g/mol. The molecule has 80 valence electrons. The number of anilines is 1. The highest BCUT2D eigenvalue weighted by molar-refractivity contribution is 7.15. The number of thiazole rings is 1. The van der Waals surface area contributed by atoms with Gasteiger partial charge in [0, 0.05) is 5.41 Å². The van der Waals surface area contributed by atoms with E-state index >= 15 is 0 Å². The number of aromatic nitrogens is 1. The van der Waals surface area contributed by atoms with Crippen molar-refractivity contribution in [1.82, 2.24) is 4.98 Å². The number of nitrogens with zero attached hydrogens (tertiary/aromatic N) is 1. The first-order chi connectivity index (χ1) is 6.30. The number of rotatable bonds is 2. The summed E-state index contributed by atoms with van der Waals surface area (Å²) >= 11 is 1.63. The third kappa shape index (κ3) is 2.71. The Hall–Kier alpha value is -0.570. The van der Waals surface area contributed by atoms with E-state index in [1.54, 1.807) is 11.3 Å². The summed E-state index contributed by atoms with van der Waals surface area (Å²) in [6, 6.07) is 0. The fourth-order valence-electron chi connectivity index (χ4n) is 1.22. The number of nitrogen functional groups attached to an aromatic ring is 1. The molecule has 2 nitrogen and oxygen atoms in total. The molecule has 0 fully saturated rings. The van der Waals surface area contributed by atoms with Crippen LogP contribution in [0.25, 0.3) is 0 Å². The van der Waals surface area contributed by atoms with Crippen molar-refractivity contribution >= 4 is 16.3 Å². The van der Waals surface area contributed by atoms with E-state index in [1.807, 2.05) is 0 Å². The van der Waals surface area contributed by atoms with Crippen molar-refractivity contribution in [3.05, 3.63) is 10.7 Å². The molecule has 1 heterocycles. The minimum absolute atomic E-state index is 0.119. The van der Waals surface area contributed by atoms with Crippen molar-refractivity contribution in [3.63, 3.8) is 0 Å². The van der Waals surface area contributed by atoms with Crippen molar-refractivity contribution < 1.29 is 0 Å². The lowest BCUT2D eigenvalue weighted by Crippen LogP contribution is -2.10. The molecule has 0 radical (unpaired) electrons. The molecule has 3 heteroatoms. The van der Waals surface area contributed by atoms with Gasteiger partial charge >= 0.3 is 0 Å². The van der Waals surface area contributed by atoms with Crippen LogP contribution in [-0.4, -0.2) is 4.98 Å². The van der Waals surface area contributed by atoms with Crippen molar-refractivity contribution in [1.29, 1.82) is 0 Å². The van der Waals surface area contributed by atoms with E-state index in [0.29, 0.717) is 5.92 Å². The van der Waals surface area contributed by atoms with Crippen LogP contribution in [0.2, 0.25) is 0 Å². The van der Waals surface area contributed by atoms with Crippen molar-refractivity contribution in [2.45, 2.75) is 46.5 Å². The molecule has 0 aliphatic heterocycles. The van der Waals surface area contributed by atoms with E-state index in [1.165, 1.54) is 0 Å². The lowest BCUT2D eigenvalue weighted by Gasteiger charge is -2.13. The summed E-state index contributed by atoms with van der Waals surface area (Å²) in [4.78, 5) is 4.61. The highest BCUT2D eigenvalue weighted by Crippen LogP contribution is 2.31. The van der Waals surface area contributed by atoms with Gasteiger partial charge in [0.25, 0.3) is 0 Å². The Kier molecular flexibility index (Phi) is 3.20. The third-order valence-electron chi connectivity index (χ3n) is 1.97. The fraction of sp³-hybridized carbons (Fsp3) is 0.727. The average Bonchev–Trinajstić information content (AvgIpc) is 2.30. The van der Waals surface area contributed by atoms with E-state index in [0.717, 1.165) is 22.1 Å². The van der Waals surface area contributed by atoms with Crippen LogP contribution in [0.4, 0.5) is 5.00 Å². The highest BCUT2D eigenvalue weighted by atomic mass is 32.1. The van der Waals surface area contributed by atoms with Gasteiger partial charge in [0.2, 0.25) is 0 Å². The van der Waals surface area contributed by atoms with E-state index < -0.39 is 0 Å². The zero-order chi connectivity index (χ0) is 10.9. The maximum Gasteiger partial charge on any atom is 0.109 e. The Morgan fingerprint density at radius 1 is 1.36 bits per heavy atom. The Balaban J connectivity index is 2.94. The molecular formula is C11H20N2S. The SMILES string of the molecule is CC(C)Cc1nc(C(C)(C)C)sc1N. The molecule has 0 saturated heterocycles. The maximum absolute atomic E-state index is 5.94. The van der Waals surface area contributed by atoms with Crippen LogP contribution in [0.3, 0.4) is 0 Å². The first-order valence-corrected chi connectivity index (χ1v) is 5.88. The van der Waals surface area contributed by atoms with Crippen LogP contribution in [0.15, 0.2) is 0 Å². The van der Waals surface area contributed by atoms with Crippen LogP contribution >= 0.6 is 11.3 Å². The van der Waals surface area contributed by atoms with Gasteiger partial charge in [0.05, 0.1) is 5.69 Å². The van der Waals surface area contributed by atoms with Crippen LogP contribution in [-0.2, 0) is 11.8 Å². The first kappa shape index (κ1) is 11.5. The summed E-state index contributed by atoms with van der Waals surface area (Å²) in [6.45, 7) is 10.9. The Bertz CT molecular complexity index is 308. The van der Waals surface area contributed by atoms with E-state index in [9.17, 15) is 0 Å². The van der Waals surface area contributed by atoms with Crippen molar-refractivity contribution in [2.75, 3.05) is 5.73 Å². The van der Waals surface area contributed by atoms with E-state index in [4.69, 9.17) is 5.73 Å². The van der Waals surface area contributed by atoms with E-state index in [-0.39, 0.29) is 5.41 Å². The van der Waals surface area contributed by atoms with Gasteiger partial charge in [-0.15, -0.1) is 11.3 Å². The smallest absolute Gasteiger partial charge is 0.109 e. The Morgan fingerprint density at radius 2 is 1.93 bits per heavy atom. The normalized spacial score (nSPS) is 12.4. The second-order valence-electron chi connectivity index (χ2n) is 5.18. The molecule has 0 amide bonds. The maximum atomic E-state index is 5.94. The number of hydrogen-bond acceptors (Lipinski definition) is 3. The molecule has 1 aromatic rings. The molecule has 0 aromatic carbocycles. The van der Waals surface area contributed by atoms with E-state index in [2.05, 4.69) is 39.6 Å². The number of hydrogen-bond donors (Lipinski definition) is 1. The van der Waals surface area contributed by atoms with Gasteiger partial charge in [0.1, 0.15) is 10.0 Å². The summed E-state index contributed by atoms with van der Waals surface area (Å²) in [5, 5.41) is 2.04. The second kappa shape index (κ2) is 3.89. The summed E-state index contributed by atoms with van der Waals surface area (Å²) in [5.41, 5.74) is 7.14. The molecule has 0 saturated carbocycles. The van der Waals surface area contributed by atoms with Gasteiger partial charge < -0.3 is 5.73 Å². The Morgan fingerprint density at radius 3 is 2.29 bits per heavy atom. The number of nitrogens with two attached hydrogens (primary N) is 1. The monoisotopic (exact) mass is 212 g/mol. The molecule has 14 heavy (non-hydrogen) atoms. The molecular weight excluding hydrogens is 192 g/mol. The molecule has 0 atom stereocenters. The third-order valence-corrected chi connectivity index (χ3v) is 3.32. The molecule has 0 aliphatic carbocycles. The van der Waals surface area contributed by atoms with Gasteiger partial charge in [0.15, 0.2) is 0 Å². The fourth-order valence-corrected chi connectivity index (χ4v) is 2.13. The quantitative estimate of drug-likeness (QED) is 0.817. The molecule has 0 bridgehead atoms. The minimum atomic E-state index is 0.119. The minimum Gasteiger partial charge on any atom is -0.389 e. The van der Waals surface area contributed by atoms with Crippen LogP contribution in [0.1, 0.15) is 45.3 Å². The predicted molar refractivity (Wildman–Crippen MR) is 63.8 cm³/mol. The largest absolute Gasteiger partial charge is 0.389 e. The lowest BCUT2D eigenvalue weighted by atomic mass is 9.98. The molecule has 0 unspecified atom stereocenters. The summed E-state index contributed by atoms with van der Waals surface area (Å²) in [6.07, 6.45) is 0.985.